The maximum atomic E-state index is 14.2. The number of hydrogen-bond acceptors (Lipinski definition) is 6. The van der Waals surface area contributed by atoms with Gasteiger partial charge in [0.05, 0.1) is 22.4 Å². The fourth-order valence-electron chi connectivity index (χ4n) is 3.93. The van der Waals surface area contributed by atoms with Gasteiger partial charge in [-0.2, -0.15) is 13.2 Å². The van der Waals surface area contributed by atoms with Crippen LogP contribution in [-0.4, -0.2) is 49.9 Å². The Morgan fingerprint density at radius 2 is 1.83 bits per heavy atom. The molecule has 1 amide bonds. The Morgan fingerprint density at radius 3 is 2.44 bits per heavy atom. The van der Waals surface area contributed by atoms with Crippen LogP contribution in [0.25, 0.3) is 0 Å². The highest BCUT2D eigenvalue weighted by Gasteiger charge is 2.62. The number of nitrogens with zero attached hydrogens (tertiary/aromatic N) is 2. The smallest absolute Gasteiger partial charge is 0.374 e. The van der Waals surface area contributed by atoms with Crippen molar-refractivity contribution >= 4 is 44.7 Å². The highest BCUT2D eigenvalue weighted by molar-refractivity contribution is 7.91. The van der Waals surface area contributed by atoms with Gasteiger partial charge >= 0.3 is 6.18 Å². The summed E-state index contributed by atoms with van der Waals surface area (Å²) in [6.45, 7) is -0.0503. The maximum Gasteiger partial charge on any atom is 0.435 e. The first-order valence-electron chi connectivity index (χ1n) is 10.3. The summed E-state index contributed by atoms with van der Waals surface area (Å²) in [7, 11) is -3.54. The van der Waals surface area contributed by atoms with Gasteiger partial charge in [0.25, 0.3) is 5.60 Å². The molecule has 7 nitrogen and oxygen atoms in total. The van der Waals surface area contributed by atoms with Gasteiger partial charge in [0.15, 0.2) is 15.7 Å². The maximum absolute atomic E-state index is 14.2. The molecule has 2 aromatic carbocycles. The molecule has 0 bridgehead atoms. The zero-order chi connectivity index (χ0) is 26.5. The van der Waals surface area contributed by atoms with Gasteiger partial charge in [0, 0.05) is 24.8 Å². The SMILES string of the molecule is CS(=O)(=O)CC(=O)N1COCc2cc(C3=NOC(c4cc(Cl)c(F)c(Cl)c4)(C(F)(F)F)C3)ccc2C1. The van der Waals surface area contributed by atoms with Gasteiger partial charge in [-0.05, 0) is 34.9 Å². The molecule has 0 fully saturated rings. The lowest BCUT2D eigenvalue weighted by atomic mass is 9.86. The van der Waals surface area contributed by atoms with Crippen molar-refractivity contribution in [3.8, 4) is 0 Å². The molecule has 2 aliphatic rings. The van der Waals surface area contributed by atoms with Crippen LogP contribution in [0.2, 0.25) is 10.0 Å². The monoisotopic (exact) mass is 568 g/mol. The average molecular weight is 569 g/mol. The fourth-order valence-corrected chi connectivity index (χ4v) is 5.05. The molecule has 2 aliphatic heterocycles. The molecule has 1 atom stereocenters. The van der Waals surface area contributed by atoms with Crippen LogP contribution in [0.1, 0.15) is 28.7 Å². The summed E-state index contributed by atoms with van der Waals surface area (Å²) in [5.41, 5.74) is -1.91. The number of fused-ring (bicyclic) bond motifs is 1. The predicted molar refractivity (Wildman–Crippen MR) is 123 cm³/mol. The molecular weight excluding hydrogens is 551 g/mol. The van der Waals surface area contributed by atoms with Crippen LogP contribution in [0.3, 0.4) is 0 Å². The van der Waals surface area contributed by atoms with Gasteiger partial charge in [0.1, 0.15) is 12.5 Å². The number of rotatable bonds is 4. The van der Waals surface area contributed by atoms with E-state index in [9.17, 15) is 30.8 Å². The Hall–Kier alpha value is -2.41. The lowest BCUT2D eigenvalue weighted by Crippen LogP contribution is -2.42. The number of sulfone groups is 1. The van der Waals surface area contributed by atoms with Gasteiger partial charge in [-0.1, -0.05) is 40.5 Å². The topological polar surface area (TPSA) is 85.3 Å². The van der Waals surface area contributed by atoms with E-state index in [0.29, 0.717) is 16.7 Å². The molecule has 0 saturated heterocycles. The first-order valence-corrected chi connectivity index (χ1v) is 13.1. The second-order valence-electron chi connectivity index (χ2n) is 8.51. The van der Waals surface area contributed by atoms with E-state index in [1.165, 1.54) is 11.0 Å². The van der Waals surface area contributed by atoms with Gasteiger partial charge in [0.2, 0.25) is 5.91 Å². The number of carbonyl (C=O) groups is 1. The van der Waals surface area contributed by atoms with Crippen molar-refractivity contribution in [2.24, 2.45) is 5.16 Å². The number of hydrogen-bond donors (Lipinski definition) is 0. The van der Waals surface area contributed by atoms with Gasteiger partial charge in [-0.15, -0.1) is 0 Å². The summed E-state index contributed by atoms with van der Waals surface area (Å²) >= 11 is 11.5. The van der Waals surface area contributed by atoms with E-state index in [4.69, 9.17) is 32.8 Å². The lowest BCUT2D eigenvalue weighted by Gasteiger charge is -2.29. The molecule has 194 valence electrons. The van der Waals surface area contributed by atoms with Crippen LogP contribution in [0, 0.1) is 5.82 Å². The van der Waals surface area contributed by atoms with E-state index in [0.717, 1.165) is 18.4 Å². The molecule has 0 saturated carbocycles. The van der Waals surface area contributed by atoms with Crippen molar-refractivity contribution in [3.63, 3.8) is 0 Å². The molecule has 0 aromatic heterocycles. The first kappa shape index (κ1) is 26.6. The highest BCUT2D eigenvalue weighted by Crippen LogP contribution is 2.50. The molecule has 0 aliphatic carbocycles. The van der Waals surface area contributed by atoms with E-state index in [2.05, 4.69) is 5.16 Å². The number of ether oxygens (including phenoxy) is 1. The molecule has 36 heavy (non-hydrogen) atoms. The molecule has 0 N–H and O–H groups in total. The van der Waals surface area contributed by atoms with Crippen LogP contribution in [0.15, 0.2) is 35.5 Å². The van der Waals surface area contributed by atoms with Crippen LogP contribution >= 0.6 is 23.2 Å². The Bertz CT molecular complexity index is 1340. The minimum atomic E-state index is -4.95. The van der Waals surface area contributed by atoms with Gasteiger partial charge in [-0.25, -0.2) is 12.8 Å². The van der Waals surface area contributed by atoms with Crippen LogP contribution in [-0.2, 0) is 43.0 Å². The number of oxime groups is 1. The highest BCUT2D eigenvalue weighted by atomic mass is 35.5. The molecule has 1 unspecified atom stereocenters. The average Bonchev–Trinajstić information content (AvgIpc) is 3.12. The van der Waals surface area contributed by atoms with Crippen molar-refractivity contribution in [1.82, 2.24) is 4.90 Å². The molecule has 14 heteroatoms. The summed E-state index contributed by atoms with van der Waals surface area (Å²) in [6.07, 6.45) is -4.73. The molecular formula is C22H18Cl2F4N2O5S. The minimum Gasteiger partial charge on any atom is -0.374 e. The van der Waals surface area contributed by atoms with Crippen molar-refractivity contribution in [2.45, 2.75) is 31.3 Å². The van der Waals surface area contributed by atoms with E-state index in [1.807, 2.05) is 0 Å². The summed E-state index contributed by atoms with van der Waals surface area (Å²) < 4.78 is 85.0. The number of amides is 1. The number of halogens is 6. The molecule has 4 rings (SSSR count). The van der Waals surface area contributed by atoms with Crippen molar-refractivity contribution in [3.05, 3.63) is 68.4 Å². The van der Waals surface area contributed by atoms with E-state index < -0.39 is 61.1 Å². The third-order valence-electron chi connectivity index (χ3n) is 5.78. The summed E-state index contributed by atoms with van der Waals surface area (Å²) in [5.74, 6) is -2.35. The predicted octanol–water partition coefficient (Wildman–Crippen LogP) is 4.58. The molecule has 2 heterocycles. The summed E-state index contributed by atoms with van der Waals surface area (Å²) in [5, 5.41) is 2.51. The summed E-state index contributed by atoms with van der Waals surface area (Å²) in [4.78, 5) is 18.5. The Kier molecular flexibility index (Phi) is 7.01. The minimum absolute atomic E-state index is 0.0269. The second kappa shape index (κ2) is 9.47. The Morgan fingerprint density at radius 1 is 1.17 bits per heavy atom. The quantitative estimate of drug-likeness (QED) is 0.398. The Labute approximate surface area is 213 Å². The number of alkyl halides is 3. The van der Waals surface area contributed by atoms with Crippen molar-refractivity contribution in [2.75, 3.05) is 18.7 Å². The van der Waals surface area contributed by atoms with Crippen molar-refractivity contribution in [1.29, 1.82) is 0 Å². The lowest BCUT2D eigenvalue weighted by molar-refractivity contribution is -0.275. The molecule has 2 aromatic rings. The largest absolute Gasteiger partial charge is 0.435 e. The molecule has 0 radical (unpaired) electrons. The second-order valence-corrected chi connectivity index (χ2v) is 11.5. The van der Waals surface area contributed by atoms with Crippen molar-refractivity contribution < 1.29 is 40.3 Å². The van der Waals surface area contributed by atoms with Gasteiger partial charge < -0.3 is 14.5 Å². The fraction of sp³-hybridized carbons (Fsp3) is 0.364. The molecule has 0 spiro atoms. The summed E-state index contributed by atoms with van der Waals surface area (Å²) in [6, 6.07) is 6.30. The van der Waals surface area contributed by atoms with Crippen LogP contribution in [0.5, 0.6) is 0 Å². The number of carbonyl (C=O) groups excluding carboxylic acids is 1. The normalized spacial score (nSPS) is 20.4. The van der Waals surface area contributed by atoms with Crippen LogP contribution < -0.4 is 0 Å². The third-order valence-corrected chi connectivity index (χ3v) is 7.10. The van der Waals surface area contributed by atoms with E-state index in [1.54, 1.807) is 12.1 Å². The zero-order valence-electron chi connectivity index (χ0n) is 18.5. The van der Waals surface area contributed by atoms with E-state index >= 15 is 0 Å². The Balaban J connectivity index is 1.62. The first-order chi connectivity index (χ1) is 16.7. The van der Waals surface area contributed by atoms with Crippen LogP contribution in [0.4, 0.5) is 17.6 Å². The van der Waals surface area contributed by atoms with E-state index in [-0.39, 0.29) is 25.6 Å². The standard InChI is InChI=1S/C22H18Cl2F4N2O5S/c1-36(32,33)10-19(31)30-8-13-3-2-12(4-14(13)9-34-11-30)18-7-21(35-29-18,22(26,27)28)15-5-16(23)20(25)17(24)6-15/h2-6H,7-11H2,1H3. The zero-order valence-corrected chi connectivity index (χ0v) is 20.9. The third kappa shape index (κ3) is 5.17. The van der Waals surface area contributed by atoms with Gasteiger partial charge in [-0.3, -0.25) is 4.79 Å². The number of benzene rings is 2.